The number of halogens is 1. The molecule has 2 nitrogen and oxygen atoms in total. The highest BCUT2D eigenvalue weighted by Crippen LogP contribution is 2.38. The summed E-state index contributed by atoms with van der Waals surface area (Å²) in [4.78, 5) is 0. The van der Waals surface area contributed by atoms with Gasteiger partial charge in [0.15, 0.2) is 0 Å². The molecule has 1 aromatic rings. The van der Waals surface area contributed by atoms with Crippen LogP contribution in [0.4, 0.5) is 0 Å². The van der Waals surface area contributed by atoms with E-state index in [0.717, 1.165) is 28.3 Å². The number of rotatable bonds is 6. The Balaban J connectivity index is 3.23. The minimum absolute atomic E-state index is 0.275. The Morgan fingerprint density at radius 3 is 2.42 bits per heavy atom. The van der Waals surface area contributed by atoms with E-state index in [1.165, 1.54) is 0 Å². The van der Waals surface area contributed by atoms with Crippen LogP contribution in [0.5, 0.6) is 5.75 Å². The average Bonchev–Trinajstić information content (AvgIpc) is 2.37. The third-order valence-corrected chi connectivity index (χ3v) is 3.46. The fourth-order valence-corrected chi connectivity index (χ4v) is 2.41. The van der Waals surface area contributed by atoms with Crippen LogP contribution in [0.1, 0.15) is 63.5 Å². The summed E-state index contributed by atoms with van der Waals surface area (Å²) in [6, 6.07) is 6.15. The maximum Gasteiger partial charge on any atom is 0.126 e. The SMILES string of the molecule is CCOc1c(C(C)C)cc(Cl)cc1C(C)CCC#N. The molecule has 1 aromatic carbocycles. The first kappa shape index (κ1) is 15.9. The van der Waals surface area contributed by atoms with E-state index in [9.17, 15) is 0 Å². The third kappa shape index (κ3) is 4.14. The lowest BCUT2D eigenvalue weighted by Crippen LogP contribution is -2.05. The number of ether oxygens (including phenoxy) is 1. The lowest BCUT2D eigenvalue weighted by Gasteiger charge is -2.21. The van der Waals surface area contributed by atoms with E-state index in [4.69, 9.17) is 21.6 Å². The maximum atomic E-state index is 8.72. The molecule has 0 aliphatic rings. The number of hydrogen-bond acceptors (Lipinski definition) is 2. The van der Waals surface area contributed by atoms with Crippen LogP contribution in [-0.4, -0.2) is 6.61 Å². The molecule has 3 heteroatoms. The summed E-state index contributed by atoms with van der Waals surface area (Å²) in [5.74, 6) is 1.59. The molecule has 0 amide bonds. The molecule has 0 spiro atoms. The van der Waals surface area contributed by atoms with Gasteiger partial charge in [-0.25, -0.2) is 0 Å². The standard InChI is InChI=1S/C16H22ClNO/c1-5-19-16-14(11(2)3)9-13(17)10-15(16)12(4)7-6-8-18/h9-12H,5-7H2,1-4H3. The lowest BCUT2D eigenvalue weighted by molar-refractivity contribution is 0.329. The van der Waals surface area contributed by atoms with E-state index >= 15 is 0 Å². The second-order valence-electron chi connectivity index (χ2n) is 5.10. The quantitative estimate of drug-likeness (QED) is 0.711. The van der Waals surface area contributed by atoms with E-state index in [0.29, 0.717) is 18.9 Å². The van der Waals surface area contributed by atoms with Crippen molar-refractivity contribution in [2.45, 2.75) is 52.4 Å². The van der Waals surface area contributed by atoms with Gasteiger partial charge in [-0.15, -0.1) is 0 Å². The zero-order valence-corrected chi connectivity index (χ0v) is 12.9. The Labute approximate surface area is 121 Å². The molecular formula is C16H22ClNO. The summed E-state index contributed by atoms with van der Waals surface area (Å²) in [7, 11) is 0. The summed E-state index contributed by atoms with van der Waals surface area (Å²) in [6.07, 6.45) is 1.38. The van der Waals surface area contributed by atoms with Crippen molar-refractivity contribution in [2.24, 2.45) is 0 Å². The molecule has 0 N–H and O–H groups in total. The topological polar surface area (TPSA) is 33.0 Å². The Bertz CT molecular complexity index is 463. The van der Waals surface area contributed by atoms with Crippen molar-refractivity contribution in [3.8, 4) is 11.8 Å². The highest BCUT2D eigenvalue weighted by Gasteiger charge is 2.18. The lowest BCUT2D eigenvalue weighted by atomic mass is 9.90. The van der Waals surface area contributed by atoms with Crippen LogP contribution < -0.4 is 4.74 Å². The molecule has 1 rings (SSSR count). The predicted octanol–water partition coefficient (Wildman–Crippen LogP) is 5.27. The van der Waals surface area contributed by atoms with Gasteiger partial charge in [0.25, 0.3) is 0 Å². The van der Waals surface area contributed by atoms with Crippen molar-refractivity contribution in [3.63, 3.8) is 0 Å². The van der Waals surface area contributed by atoms with Gasteiger partial charge in [0.1, 0.15) is 5.75 Å². The fraction of sp³-hybridized carbons (Fsp3) is 0.562. The number of benzene rings is 1. The second-order valence-corrected chi connectivity index (χ2v) is 5.54. The normalized spacial score (nSPS) is 12.3. The molecule has 0 aliphatic heterocycles. The Kier molecular flexibility index (Phi) is 6.18. The van der Waals surface area contributed by atoms with Gasteiger partial charge in [-0.2, -0.15) is 5.26 Å². The number of hydrogen-bond donors (Lipinski definition) is 0. The van der Waals surface area contributed by atoms with Gasteiger partial charge in [-0.3, -0.25) is 0 Å². The van der Waals surface area contributed by atoms with Gasteiger partial charge in [-0.05, 0) is 48.4 Å². The van der Waals surface area contributed by atoms with E-state index in [2.05, 4.69) is 26.8 Å². The summed E-state index contributed by atoms with van der Waals surface area (Å²) in [5.41, 5.74) is 2.27. The molecule has 0 aliphatic carbocycles. The highest BCUT2D eigenvalue weighted by atomic mass is 35.5. The van der Waals surface area contributed by atoms with Crippen LogP contribution in [0, 0.1) is 11.3 Å². The van der Waals surface area contributed by atoms with Gasteiger partial charge in [0.2, 0.25) is 0 Å². The molecule has 0 fully saturated rings. The zero-order chi connectivity index (χ0) is 14.4. The molecule has 0 bridgehead atoms. The van der Waals surface area contributed by atoms with Crippen molar-refractivity contribution in [1.82, 2.24) is 0 Å². The Morgan fingerprint density at radius 1 is 1.26 bits per heavy atom. The van der Waals surface area contributed by atoms with Crippen molar-refractivity contribution < 1.29 is 4.74 Å². The van der Waals surface area contributed by atoms with E-state index in [-0.39, 0.29) is 5.92 Å². The summed E-state index contributed by atoms with van der Waals surface area (Å²) >= 11 is 6.22. The highest BCUT2D eigenvalue weighted by molar-refractivity contribution is 6.30. The fourth-order valence-electron chi connectivity index (χ4n) is 2.18. The third-order valence-electron chi connectivity index (χ3n) is 3.24. The first-order valence-corrected chi connectivity index (χ1v) is 7.22. The number of nitriles is 1. The van der Waals surface area contributed by atoms with E-state index in [1.54, 1.807) is 0 Å². The molecule has 0 radical (unpaired) electrons. The molecule has 1 atom stereocenters. The summed E-state index contributed by atoms with van der Waals surface area (Å²) in [6.45, 7) is 9.02. The van der Waals surface area contributed by atoms with Crippen LogP contribution in [0.25, 0.3) is 0 Å². The van der Waals surface area contributed by atoms with E-state index < -0.39 is 0 Å². The first-order valence-electron chi connectivity index (χ1n) is 6.84. The van der Waals surface area contributed by atoms with Crippen molar-refractivity contribution in [3.05, 3.63) is 28.3 Å². The Hall–Kier alpha value is -1.20. The van der Waals surface area contributed by atoms with E-state index in [1.807, 2.05) is 19.1 Å². The molecule has 0 aromatic heterocycles. The molecule has 104 valence electrons. The van der Waals surface area contributed by atoms with Crippen molar-refractivity contribution in [1.29, 1.82) is 5.26 Å². The zero-order valence-electron chi connectivity index (χ0n) is 12.2. The molecule has 1 unspecified atom stereocenters. The smallest absolute Gasteiger partial charge is 0.126 e. The first-order chi connectivity index (χ1) is 9.01. The van der Waals surface area contributed by atoms with Gasteiger partial charge in [-0.1, -0.05) is 32.4 Å². The number of nitrogens with zero attached hydrogens (tertiary/aromatic N) is 1. The van der Waals surface area contributed by atoms with Crippen LogP contribution in [-0.2, 0) is 0 Å². The molecule has 0 saturated heterocycles. The van der Waals surface area contributed by atoms with Gasteiger partial charge in [0.05, 0.1) is 12.7 Å². The predicted molar refractivity (Wildman–Crippen MR) is 80.0 cm³/mol. The van der Waals surface area contributed by atoms with Gasteiger partial charge >= 0.3 is 0 Å². The molecule has 0 heterocycles. The van der Waals surface area contributed by atoms with Crippen LogP contribution in [0.3, 0.4) is 0 Å². The molecular weight excluding hydrogens is 258 g/mol. The van der Waals surface area contributed by atoms with Crippen molar-refractivity contribution >= 4 is 11.6 Å². The second kappa shape index (κ2) is 7.40. The Morgan fingerprint density at radius 2 is 1.89 bits per heavy atom. The maximum absolute atomic E-state index is 8.72. The monoisotopic (exact) mass is 279 g/mol. The molecule has 19 heavy (non-hydrogen) atoms. The van der Waals surface area contributed by atoms with Crippen LogP contribution in [0.15, 0.2) is 12.1 Å². The average molecular weight is 280 g/mol. The van der Waals surface area contributed by atoms with Gasteiger partial charge in [0, 0.05) is 11.4 Å². The largest absolute Gasteiger partial charge is 0.493 e. The van der Waals surface area contributed by atoms with Crippen LogP contribution in [0.2, 0.25) is 5.02 Å². The van der Waals surface area contributed by atoms with Crippen molar-refractivity contribution in [2.75, 3.05) is 6.61 Å². The molecule has 0 saturated carbocycles. The van der Waals surface area contributed by atoms with Gasteiger partial charge < -0.3 is 4.74 Å². The van der Waals surface area contributed by atoms with Crippen LogP contribution >= 0.6 is 11.6 Å². The summed E-state index contributed by atoms with van der Waals surface area (Å²) < 4.78 is 5.84. The summed E-state index contributed by atoms with van der Waals surface area (Å²) in [5, 5.41) is 9.47. The minimum Gasteiger partial charge on any atom is -0.493 e. The minimum atomic E-state index is 0.275.